The summed E-state index contributed by atoms with van der Waals surface area (Å²) in [5.74, 6) is 1.36. The van der Waals surface area contributed by atoms with E-state index in [0.717, 1.165) is 80.5 Å². The molecule has 164 valence electrons. The summed E-state index contributed by atoms with van der Waals surface area (Å²) in [6.45, 7) is 11.5. The molecule has 7 heteroatoms. The number of amidine groups is 1. The van der Waals surface area contributed by atoms with E-state index in [9.17, 15) is 0 Å². The van der Waals surface area contributed by atoms with E-state index in [1.807, 2.05) is 29.6 Å². The molecule has 1 saturated heterocycles. The lowest BCUT2D eigenvalue weighted by Crippen LogP contribution is -2.45. The molecule has 0 radical (unpaired) electrons. The largest absolute Gasteiger partial charge is 0.490 e. The first kappa shape index (κ1) is 22.7. The van der Waals surface area contributed by atoms with Gasteiger partial charge in [-0.05, 0) is 42.5 Å². The fourth-order valence-corrected chi connectivity index (χ4v) is 4.20. The Labute approximate surface area is 184 Å². The van der Waals surface area contributed by atoms with Crippen molar-refractivity contribution in [1.82, 2.24) is 15.5 Å². The molecule has 30 heavy (non-hydrogen) atoms. The molecule has 0 atom stereocenters. The van der Waals surface area contributed by atoms with Crippen LogP contribution in [-0.4, -0.2) is 56.1 Å². The summed E-state index contributed by atoms with van der Waals surface area (Å²) in [6.07, 6.45) is 2.22. The summed E-state index contributed by atoms with van der Waals surface area (Å²) >= 11 is 1.57. The Morgan fingerprint density at radius 2 is 2.03 bits per heavy atom. The van der Waals surface area contributed by atoms with Crippen LogP contribution in [0.4, 0.5) is 5.69 Å². The molecular formula is C23H35N5OS. The summed E-state index contributed by atoms with van der Waals surface area (Å²) in [6, 6.07) is 10.1. The van der Waals surface area contributed by atoms with E-state index in [2.05, 4.69) is 40.8 Å². The Kier molecular flexibility index (Phi) is 9.14. The molecule has 2 aromatic rings. The Hall–Kier alpha value is -1.93. The van der Waals surface area contributed by atoms with Crippen LogP contribution in [0.2, 0.25) is 0 Å². The fourth-order valence-electron chi connectivity index (χ4n) is 3.57. The maximum absolute atomic E-state index is 8.30. The van der Waals surface area contributed by atoms with Crippen molar-refractivity contribution in [2.75, 3.05) is 44.6 Å². The molecular weight excluding hydrogens is 394 g/mol. The highest BCUT2D eigenvalue weighted by molar-refractivity contribution is 7.12. The van der Waals surface area contributed by atoms with Gasteiger partial charge >= 0.3 is 0 Å². The van der Waals surface area contributed by atoms with Gasteiger partial charge in [0.25, 0.3) is 0 Å². The predicted molar refractivity (Wildman–Crippen MR) is 127 cm³/mol. The monoisotopic (exact) mass is 429 g/mol. The van der Waals surface area contributed by atoms with Crippen LogP contribution in [0.3, 0.4) is 0 Å². The van der Waals surface area contributed by atoms with Crippen LogP contribution in [0.25, 0.3) is 0 Å². The van der Waals surface area contributed by atoms with Crippen LogP contribution in [0.1, 0.15) is 37.1 Å². The number of hydrogen-bond acceptors (Lipinski definition) is 6. The third-order valence-electron chi connectivity index (χ3n) is 5.43. The van der Waals surface area contributed by atoms with Gasteiger partial charge in [0.15, 0.2) is 0 Å². The van der Waals surface area contributed by atoms with Crippen molar-refractivity contribution in [2.45, 2.75) is 39.3 Å². The first-order chi connectivity index (χ1) is 14.7. The molecule has 0 spiro atoms. The van der Waals surface area contributed by atoms with Gasteiger partial charge < -0.3 is 20.7 Å². The van der Waals surface area contributed by atoms with E-state index >= 15 is 0 Å². The molecule has 0 bridgehead atoms. The van der Waals surface area contributed by atoms with Crippen LogP contribution in [0.5, 0.6) is 5.75 Å². The van der Waals surface area contributed by atoms with E-state index in [1.165, 1.54) is 0 Å². The molecule has 4 N–H and O–H groups in total. The zero-order valence-corrected chi connectivity index (χ0v) is 19.0. The van der Waals surface area contributed by atoms with Crippen LogP contribution >= 0.6 is 11.3 Å². The quantitative estimate of drug-likeness (QED) is 0.249. The smallest absolute Gasteiger partial charge is 0.140 e. The number of anilines is 1. The van der Waals surface area contributed by atoms with E-state index in [4.69, 9.17) is 10.1 Å². The van der Waals surface area contributed by atoms with Crippen molar-refractivity contribution < 1.29 is 4.74 Å². The predicted octanol–water partition coefficient (Wildman–Crippen LogP) is 3.75. The number of rotatable bonds is 11. The Balaban J connectivity index is 1.63. The van der Waals surface area contributed by atoms with E-state index in [1.54, 1.807) is 11.3 Å². The number of benzene rings is 1. The molecule has 0 saturated carbocycles. The zero-order chi connectivity index (χ0) is 21.2. The van der Waals surface area contributed by atoms with Gasteiger partial charge in [0.05, 0.1) is 11.0 Å². The third kappa shape index (κ3) is 6.80. The Morgan fingerprint density at radius 1 is 1.23 bits per heavy atom. The minimum absolute atomic E-state index is 0.229. The molecule has 1 aliphatic heterocycles. The maximum Gasteiger partial charge on any atom is 0.140 e. The second-order valence-electron chi connectivity index (χ2n) is 7.62. The highest BCUT2D eigenvalue weighted by atomic mass is 32.1. The van der Waals surface area contributed by atoms with E-state index < -0.39 is 0 Å². The van der Waals surface area contributed by atoms with Gasteiger partial charge in [-0.25, -0.2) is 0 Å². The molecule has 6 nitrogen and oxygen atoms in total. The number of hydrogen-bond donors (Lipinski definition) is 4. The topological polar surface area (TPSA) is 72.4 Å². The molecule has 1 aromatic heterocycles. The summed E-state index contributed by atoms with van der Waals surface area (Å²) in [5, 5.41) is 20.5. The van der Waals surface area contributed by atoms with Gasteiger partial charge in [0.1, 0.15) is 11.6 Å². The van der Waals surface area contributed by atoms with Crippen molar-refractivity contribution in [3.8, 4) is 5.75 Å². The summed E-state index contributed by atoms with van der Waals surface area (Å²) in [7, 11) is 0. The minimum atomic E-state index is 0.229. The van der Waals surface area contributed by atoms with Crippen LogP contribution < -0.4 is 20.7 Å². The van der Waals surface area contributed by atoms with E-state index in [-0.39, 0.29) is 6.10 Å². The van der Waals surface area contributed by atoms with Gasteiger partial charge in [-0.1, -0.05) is 19.9 Å². The van der Waals surface area contributed by atoms with Gasteiger partial charge in [-0.2, -0.15) is 0 Å². The summed E-state index contributed by atoms with van der Waals surface area (Å²) in [4.78, 5) is 3.42. The fraction of sp³-hybridized carbons (Fsp3) is 0.522. The lowest BCUT2D eigenvalue weighted by Gasteiger charge is -2.27. The average Bonchev–Trinajstić information content (AvgIpc) is 3.32. The van der Waals surface area contributed by atoms with Crippen molar-refractivity contribution >= 4 is 22.9 Å². The molecule has 0 aliphatic carbocycles. The number of thiophene rings is 1. The van der Waals surface area contributed by atoms with E-state index in [0.29, 0.717) is 5.84 Å². The van der Waals surface area contributed by atoms with Gasteiger partial charge in [-0.3, -0.25) is 10.3 Å². The third-order valence-corrected chi connectivity index (χ3v) is 6.32. The molecule has 0 unspecified atom stereocenters. The van der Waals surface area contributed by atoms with Gasteiger partial charge in [0.2, 0.25) is 0 Å². The molecule has 3 rings (SSSR count). The molecule has 1 fully saturated rings. The minimum Gasteiger partial charge on any atom is -0.490 e. The molecule has 1 aromatic carbocycles. The van der Waals surface area contributed by atoms with Crippen LogP contribution in [-0.2, 0) is 6.54 Å². The number of nitrogens with one attached hydrogen (secondary N) is 4. The first-order valence-corrected chi connectivity index (χ1v) is 11.9. The van der Waals surface area contributed by atoms with Gasteiger partial charge in [0, 0.05) is 57.1 Å². The highest BCUT2D eigenvalue weighted by Gasteiger charge is 2.13. The van der Waals surface area contributed by atoms with Crippen LogP contribution in [0, 0.1) is 5.41 Å². The SMILES string of the molecule is CCC(CC)Oc1ccc(NC(=N)c2cccs2)cc1CNCCN1CCNCC1. The van der Waals surface area contributed by atoms with Crippen molar-refractivity contribution in [3.63, 3.8) is 0 Å². The number of piperazine rings is 1. The summed E-state index contributed by atoms with van der Waals surface area (Å²) < 4.78 is 6.29. The standard InChI is InChI=1S/C23H35N5OS/c1-3-20(4-2)29-21-8-7-19(27-23(24)22-6-5-15-30-22)16-18(21)17-26-11-14-28-12-9-25-10-13-28/h5-8,15-16,20,25-26H,3-4,9-14,17H2,1-2H3,(H2,24,27). The molecule has 2 heterocycles. The lowest BCUT2D eigenvalue weighted by atomic mass is 10.1. The second-order valence-corrected chi connectivity index (χ2v) is 8.57. The van der Waals surface area contributed by atoms with Crippen molar-refractivity contribution in [3.05, 3.63) is 46.2 Å². The Morgan fingerprint density at radius 3 is 2.73 bits per heavy atom. The maximum atomic E-state index is 8.30. The molecule has 0 amide bonds. The second kappa shape index (κ2) is 12.1. The highest BCUT2D eigenvalue weighted by Crippen LogP contribution is 2.26. The van der Waals surface area contributed by atoms with Crippen molar-refractivity contribution in [1.29, 1.82) is 5.41 Å². The van der Waals surface area contributed by atoms with Gasteiger partial charge in [-0.15, -0.1) is 11.3 Å². The molecule has 1 aliphatic rings. The summed E-state index contributed by atoms with van der Waals surface area (Å²) in [5.41, 5.74) is 2.05. The number of nitrogens with zero attached hydrogens (tertiary/aromatic N) is 1. The number of ether oxygens (including phenoxy) is 1. The van der Waals surface area contributed by atoms with Crippen molar-refractivity contribution in [2.24, 2.45) is 0 Å². The average molecular weight is 430 g/mol. The zero-order valence-electron chi connectivity index (χ0n) is 18.2. The normalized spacial score (nSPS) is 14.8. The Bertz CT molecular complexity index is 770. The first-order valence-electron chi connectivity index (χ1n) is 11.0. The van der Waals surface area contributed by atoms with Crippen LogP contribution in [0.15, 0.2) is 35.7 Å². The lowest BCUT2D eigenvalue weighted by molar-refractivity contribution is 0.190.